The quantitative estimate of drug-likeness (QED) is 0.769. The topological polar surface area (TPSA) is 70.1 Å². The molecule has 1 atom stereocenters. The van der Waals surface area contributed by atoms with Crippen LogP contribution in [0.4, 0.5) is 4.79 Å². The van der Waals surface area contributed by atoms with Gasteiger partial charge < -0.3 is 19.6 Å². The number of carboxylic acids is 1. The van der Waals surface area contributed by atoms with E-state index in [9.17, 15) is 9.59 Å². The molecule has 1 fully saturated rings. The summed E-state index contributed by atoms with van der Waals surface area (Å²) in [7, 11) is 1.82. The van der Waals surface area contributed by atoms with Gasteiger partial charge in [-0.2, -0.15) is 11.8 Å². The maximum atomic E-state index is 12.3. The number of amides is 2. The van der Waals surface area contributed by atoms with E-state index in [1.807, 2.05) is 20.2 Å². The summed E-state index contributed by atoms with van der Waals surface area (Å²) in [6.45, 7) is 4.47. The average Bonchev–Trinajstić information content (AvgIpc) is 2.37. The Morgan fingerprint density at radius 2 is 2.10 bits per heavy atom. The van der Waals surface area contributed by atoms with E-state index in [-0.39, 0.29) is 18.7 Å². The molecule has 6 nitrogen and oxygen atoms in total. The van der Waals surface area contributed by atoms with Gasteiger partial charge in [-0.25, -0.2) is 9.59 Å². The standard InChI is InChI=1S/C13H24N2O4S/c1-5-10(7-20-4)14(3)12(18)15-8-13(2,9-15)19-6-11(16)17/h10H,5-9H2,1-4H3,(H,16,17). The monoisotopic (exact) mass is 304 g/mol. The smallest absolute Gasteiger partial charge is 0.329 e. The molecule has 1 N–H and O–H groups in total. The molecule has 0 aliphatic carbocycles. The number of rotatable bonds is 7. The number of thioether (sulfide) groups is 1. The minimum Gasteiger partial charge on any atom is -0.480 e. The Morgan fingerprint density at radius 1 is 1.50 bits per heavy atom. The largest absolute Gasteiger partial charge is 0.480 e. The maximum Gasteiger partial charge on any atom is 0.329 e. The van der Waals surface area contributed by atoms with Crippen molar-refractivity contribution >= 4 is 23.8 Å². The van der Waals surface area contributed by atoms with Crippen molar-refractivity contribution in [2.75, 3.05) is 38.8 Å². The molecule has 0 aromatic heterocycles. The SMILES string of the molecule is CCC(CSC)N(C)C(=O)N1CC(C)(OCC(=O)O)C1. The molecule has 1 saturated heterocycles. The summed E-state index contributed by atoms with van der Waals surface area (Å²) in [5.74, 6) is -0.0709. The number of aliphatic carboxylic acids is 1. The van der Waals surface area contributed by atoms with E-state index in [1.165, 1.54) is 0 Å². The van der Waals surface area contributed by atoms with Crippen molar-refractivity contribution in [3.05, 3.63) is 0 Å². The maximum absolute atomic E-state index is 12.3. The third-order valence-electron chi connectivity index (χ3n) is 3.55. The number of carbonyl (C=O) groups excluding carboxylic acids is 1. The summed E-state index contributed by atoms with van der Waals surface area (Å²) in [6, 6.07) is 0.214. The van der Waals surface area contributed by atoms with Crippen LogP contribution in [0.2, 0.25) is 0 Å². The van der Waals surface area contributed by atoms with E-state index in [4.69, 9.17) is 9.84 Å². The predicted molar refractivity (Wildman–Crippen MR) is 79.2 cm³/mol. The fraction of sp³-hybridized carbons (Fsp3) is 0.846. The Balaban J connectivity index is 2.45. The lowest BCUT2D eigenvalue weighted by atomic mass is 9.97. The minimum atomic E-state index is -0.987. The number of carboxylic acid groups (broad SMARTS) is 1. The third-order valence-corrected chi connectivity index (χ3v) is 4.26. The number of likely N-dealkylation sites (tertiary alicyclic amines) is 1. The van der Waals surface area contributed by atoms with Crippen LogP contribution < -0.4 is 0 Å². The van der Waals surface area contributed by atoms with Gasteiger partial charge in [0.25, 0.3) is 0 Å². The van der Waals surface area contributed by atoms with Crippen LogP contribution >= 0.6 is 11.8 Å². The van der Waals surface area contributed by atoms with E-state index in [0.717, 1.165) is 12.2 Å². The summed E-state index contributed by atoms with van der Waals surface area (Å²) >= 11 is 1.73. The molecule has 1 unspecified atom stereocenters. The molecule has 116 valence electrons. The zero-order chi connectivity index (χ0) is 15.3. The lowest BCUT2D eigenvalue weighted by Gasteiger charge is -2.48. The minimum absolute atomic E-state index is 0.0118. The molecule has 0 bridgehead atoms. The first-order chi connectivity index (χ1) is 9.33. The molecule has 20 heavy (non-hydrogen) atoms. The van der Waals surface area contributed by atoms with E-state index in [0.29, 0.717) is 13.1 Å². The van der Waals surface area contributed by atoms with Crippen molar-refractivity contribution in [3.8, 4) is 0 Å². The zero-order valence-electron chi connectivity index (χ0n) is 12.6. The molecular formula is C13H24N2O4S. The molecule has 1 heterocycles. The first-order valence-corrected chi connectivity index (χ1v) is 8.08. The predicted octanol–water partition coefficient (Wildman–Crippen LogP) is 1.36. The van der Waals surface area contributed by atoms with Crippen molar-refractivity contribution in [2.24, 2.45) is 0 Å². The van der Waals surface area contributed by atoms with Gasteiger partial charge in [0.15, 0.2) is 0 Å². The highest BCUT2D eigenvalue weighted by atomic mass is 32.2. The van der Waals surface area contributed by atoms with Gasteiger partial charge in [-0.3, -0.25) is 0 Å². The Labute approximate surface area is 124 Å². The van der Waals surface area contributed by atoms with E-state index >= 15 is 0 Å². The average molecular weight is 304 g/mol. The van der Waals surface area contributed by atoms with Crippen LogP contribution in [0, 0.1) is 0 Å². The number of nitrogens with zero attached hydrogens (tertiary/aromatic N) is 2. The molecule has 0 aromatic rings. The van der Waals surface area contributed by atoms with Crippen LogP contribution in [0.15, 0.2) is 0 Å². The number of ether oxygens (including phenoxy) is 1. The summed E-state index contributed by atoms with van der Waals surface area (Å²) in [6.07, 6.45) is 2.95. The molecule has 1 rings (SSSR count). The van der Waals surface area contributed by atoms with E-state index in [1.54, 1.807) is 21.6 Å². The van der Waals surface area contributed by atoms with Crippen molar-refractivity contribution in [1.29, 1.82) is 0 Å². The molecule has 1 aliphatic heterocycles. The zero-order valence-corrected chi connectivity index (χ0v) is 13.4. The fourth-order valence-electron chi connectivity index (χ4n) is 2.30. The van der Waals surface area contributed by atoms with Crippen molar-refractivity contribution in [2.45, 2.75) is 31.9 Å². The van der Waals surface area contributed by atoms with Crippen LogP contribution in [-0.2, 0) is 9.53 Å². The molecule has 1 aliphatic rings. The highest BCUT2D eigenvalue weighted by Crippen LogP contribution is 2.26. The summed E-state index contributed by atoms with van der Waals surface area (Å²) < 4.78 is 5.31. The van der Waals surface area contributed by atoms with Crippen LogP contribution in [0.5, 0.6) is 0 Å². The third kappa shape index (κ3) is 4.28. The first-order valence-electron chi connectivity index (χ1n) is 6.69. The normalized spacial score (nSPS) is 18.3. The van der Waals surface area contributed by atoms with E-state index < -0.39 is 11.6 Å². The van der Waals surface area contributed by atoms with Crippen molar-refractivity contribution < 1.29 is 19.4 Å². The van der Waals surface area contributed by atoms with E-state index in [2.05, 4.69) is 6.92 Å². The van der Waals surface area contributed by atoms with Crippen LogP contribution in [0.25, 0.3) is 0 Å². The second-order valence-electron chi connectivity index (χ2n) is 5.40. The Bertz CT molecular complexity index is 358. The Kier molecular flexibility index (Phi) is 6.13. The second kappa shape index (κ2) is 7.17. The number of urea groups is 1. The van der Waals surface area contributed by atoms with Gasteiger partial charge in [0.1, 0.15) is 12.2 Å². The highest BCUT2D eigenvalue weighted by Gasteiger charge is 2.44. The van der Waals surface area contributed by atoms with Crippen LogP contribution in [-0.4, -0.2) is 77.3 Å². The van der Waals surface area contributed by atoms with Gasteiger partial charge in [0.2, 0.25) is 0 Å². The lowest BCUT2D eigenvalue weighted by molar-refractivity contribution is -0.160. The molecule has 0 saturated carbocycles. The van der Waals surface area contributed by atoms with Crippen LogP contribution in [0.3, 0.4) is 0 Å². The number of carbonyl (C=O) groups is 2. The van der Waals surface area contributed by atoms with Gasteiger partial charge in [-0.05, 0) is 19.6 Å². The summed E-state index contributed by atoms with van der Waals surface area (Å²) in [4.78, 5) is 26.3. The summed E-state index contributed by atoms with van der Waals surface area (Å²) in [5, 5.41) is 8.61. The van der Waals surface area contributed by atoms with Gasteiger partial charge in [-0.15, -0.1) is 0 Å². The van der Waals surface area contributed by atoms with Crippen LogP contribution in [0.1, 0.15) is 20.3 Å². The highest BCUT2D eigenvalue weighted by molar-refractivity contribution is 7.98. The van der Waals surface area contributed by atoms with Gasteiger partial charge in [-0.1, -0.05) is 6.92 Å². The molecule has 7 heteroatoms. The first kappa shape index (κ1) is 17.1. The molecule has 0 radical (unpaired) electrons. The van der Waals surface area contributed by atoms with Gasteiger partial charge >= 0.3 is 12.0 Å². The molecule has 2 amide bonds. The lowest BCUT2D eigenvalue weighted by Crippen LogP contribution is -2.66. The van der Waals surface area contributed by atoms with Gasteiger partial charge in [0.05, 0.1) is 13.1 Å². The second-order valence-corrected chi connectivity index (χ2v) is 6.31. The van der Waals surface area contributed by atoms with Gasteiger partial charge in [0, 0.05) is 18.8 Å². The number of hydrogen-bond acceptors (Lipinski definition) is 4. The molecule has 0 aromatic carbocycles. The Morgan fingerprint density at radius 3 is 2.55 bits per heavy atom. The fourth-order valence-corrected chi connectivity index (χ4v) is 3.14. The molecule has 0 spiro atoms. The van der Waals surface area contributed by atoms with Crippen molar-refractivity contribution in [1.82, 2.24) is 9.80 Å². The molecular weight excluding hydrogens is 280 g/mol. The number of hydrogen-bond donors (Lipinski definition) is 1. The van der Waals surface area contributed by atoms with Crippen molar-refractivity contribution in [3.63, 3.8) is 0 Å². The summed E-state index contributed by atoms with van der Waals surface area (Å²) in [5.41, 5.74) is -0.532. The Hall–Kier alpha value is -0.950.